The number of carbonyl (C=O) groups is 1. The van der Waals surface area contributed by atoms with Crippen molar-refractivity contribution in [3.63, 3.8) is 0 Å². The molecule has 2 aromatic carbocycles. The van der Waals surface area contributed by atoms with Crippen LogP contribution < -0.4 is 20.5 Å². The topological polar surface area (TPSA) is 73.6 Å². The molecule has 0 aliphatic carbocycles. The minimum atomic E-state index is -0.525. The van der Waals surface area contributed by atoms with Gasteiger partial charge in [0.2, 0.25) is 5.91 Å². The molecule has 5 nitrogen and oxygen atoms in total. The van der Waals surface area contributed by atoms with E-state index in [1.807, 2.05) is 32.0 Å². The van der Waals surface area contributed by atoms with E-state index < -0.39 is 6.04 Å². The van der Waals surface area contributed by atoms with E-state index in [1.54, 1.807) is 37.4 Å². The lowest BCUT2D eigenvalue weighted by molar-refractivity contribution is -0.118. The predicted octanol–water partition coefficient (Wildman–Crippen LogP) is 3.41. The van der Waals surface area contributed by atoms with Crippen molar-refractivity contribution in [1.82, 2.24) is 0 Å². The Hall–Kier alpha value is -2.53. The average Bonchev–Trinajstić information content (AvgIpc) is 2.56. The van der Waals surface area contributed by atoms with Gasteiger partial charge in [-0.05, 0) is 42.3 Å². The normalized spacial score (nSPS) is 11.9. The molecular weight excluding hydrogens is 292 g/mol. The van der Waals surface area contributed by atoms with Gasteiger partial charge in [0.25, 0.3) is 0 Å². The number of rotatable bonds is 6. The molecule has 0 aliphatic heterocycles. The van der Waals surface area contributed by atoms with Crippen LogP contribution in [0.3, 0.4) is 0 Å². The predicted molar refractivity (Wildman–Crippen MR) is 91.0 cm³/mol. The van der Waals surface area contributed by atoms with Crippen molar-refractivity contribution >= 4 is 11.6 Å². The highest BCUT2D eigenvalue weighted by Gasteiger charge is 2.17. The lowest BCUT2D eigenvalue weighted by atomic mass is 10.1. The van der Waals surface area contributed by atoms with Crippen LogP contribution in [-0.4, -0.2) is 19.1 Å². The monoisotopic (exact) mass is 314 g/mol. The van der Waals surface area contributed by atoms with E-state index in [-0.39, 0.29) is 11.8 Å². The third-order valence-electron chi connectivity index (χ3n) is 3.42. The Morgan fingerprint density at radius 1 is 1.04 bits per heavy atom. The summed E-state index contributed by atoms with van der Waals surface area (Å²) in [4.78, 5) is 11.9. The fraction of sp³-hybridized carbons (Fsp3) is 0.278. The Morgan fingerprint density at radius 2 is 1.70 bits per heavy atom. The minimum Gasteiger partial charge on any atom is -0.497 e. The van der Waals surface area contributed by atoms with Crippen molar-refractivity contribution in [3.05, 3.63) is 48.5 Å². The summed E-state index contributed by atoms with van der Waals surface area (Å²) in [7, 11) is 1.61. The molecular formula is C18H22N2O3. The number of hydrogen-bond acceptors (Lipinski definition) is 4. The molecule has 0 saturated carbocycles. The van der Waals surface area contributed by atoms with E-state index in [0.717, 1.165) is 5.75 Å². The van der Waals surface area contributed by atoms with Crippen LogP contribution in [0.15, 0.2) is 48.5 Å². The van der Waals surface area contributed by atoms with Crippen molar-refractivity contribution in [2.75, 3.05) is 12.4 Å². The Balaban J connectivity index is 2.00. The first-order valence-electron chi connectivity index (χ1n) is 7.48. The van der Waals surface area contributed by atoms with Gasteiger partial charge in [0.05, 0.1) is 13.2 Å². The van der Waals surface area contributed by atoms with Gasteiger partial charge in [0, 0.05) is 11.8 Å². The van der Waals surface area contributed by atoms with Gasteiger partial charge in [-0.25, -0.2) is 0 Å². The summed E-state index contributed by atoms with van der Waals surface area (Å²) in [5, 5.41) is 2.79. The first-order valence-corrected chi connectivity index (χ1v) is 7.48. The van der Waals surface area contributed by atoms with Crippen LogP contribution in [0.1, 0.15) is 13.8 Å². The summed E-state index contributed by atoms with van der Waals surface area (Å²) in [6.45, 7) is 3.82. The minimum absolute atomic E-state index is 0.0886. The summed E-state index contributed by atoms with van der Waals surface area (Å²) in [6, 6.07) is 14.0. The zero-order valence-electron chi connectivity index (χ0n) is 13.6. The smallest absolute Gasteiger partial charge is 0.241 e. The maximum absolute atomic E-state index is 11.9. The third kappa shape index (κ3) is 4.72. The molecule has 0 fully saturated rings. The Morgan fingerprint density at radius 3 is 2.30 bits per heavy atom. The summed E-state index contributed by atoms with van der Waals surface area (Å²) in [6.07, 6.45) is 0. The average molecular weight is 314 g/mol. The quantitative estimate of drug-likeness (QED) is 0.857. The van der Waals surface area contributed by atoms with Crippen LogP contribution in [0.4, 0.5) is 5.69 Å². The Bertz CT molecular complexity index is 654. The van der Waals surface area contributed by atoms with Crippen molar-refractivity contribution in [2.45, 2.75) is 19.9 Å². The van der Waals surface area contributed by atoms with Crippen molar-refractivity contribution < 1.29 is 14.3 Å². The van der Waals surface area contributed by atoms with E-state index in [1.165, 1.54) is 0 Å². The fourth-order valence-corrected chi connectivity index (χ4v) is 1.94. The number of anilines is 1. The standard InChI is InChI=1S/C18H22N2O3/c1-12(2)17(19)18(21)20-13-7-9-14(10-8-13)23-16-6-4-5-15(11-16)22-3/h4-12,17H,19H2,1-3H3,(H,20,21)/t17-/m0/s1. The zero-order chi connectivity index (χ0) is 16.8. The zero-order valence-corrected chi connectivity index (χ0v) is 13.6. The Kier molecular flexibility index (Phi) is 5.60. The van der Waals surface area contributed by atoms with Crippen molar-refractivity contribution in [3.8, 4) is 17.2 Å². The third-order valence-corrected chi connectivity index (χ3v) is 3.42. The van der Waals surface area contributed by atoms with Crippen molar-refractivity contribution in [1.29, 1.82) is 0 Å². The van der Waals surface area contributed by atoms with Gasteiger partial charge in [-0.3, -0.25) is 4.79 Å². The molecule has 0 unspecified atom stereocenters. The molecule has 5 heteroatoms. The maximum Gasteiger partial charge on any atom is 0.241 e. The number of ether oxygens (including phenoxy) is 2. The molecule has 1 amide bonds. The first-order chi connectivity index (χ1) is 11.0. The van der Waals surface area contributed by atoms with Crippen LogP contribution in [0.25, 0.3) is 0 Å². The molecule has 3 N–H and O–H groups in total. The van der Waals surface area contributed by atoms with Gasteiger partial charge >= 0.3 is 0 Å². The summed E-state index contributed by atoms with van der Waals surface area (Å²) in [5.74, 6) is 1.98. The highest BCUT2D eigenvalue weighted by molar-refractivity contribution is 5.94. The number of nitrogens with two attached hydrogens (primary N) is 1. The van der Waals surface area contributed by atoms with E-state index >= 15 is 0 Å². The number of hydrogen-bond donors (Lipinski definition) is 2. The fourth-order valence-electron chi connectivity index (χ4n) is 1.94. The molecule has 2 rings (SSSR count). The molecule has 0 aliphatic rings. The van der Waals surface area contributed by atoms with Gasteiger partial charge in [-0.1, -0.05) is 19.9 Å². The molecule has 23 heavy (non-hydrogen) atoms. The molecule has 0 heterocycles. The second-order valence-electron chi connectivity index (χ2n) is 5.56. The molecule has 0 aromatic heterocycles. The lowest BCUT2D eigenvalue weighted by Crippen LogP contribution is -2.39. The van der Waals surface area contributed by atoms with Gasteiger partial charge in [0.15, 0.2) is 0 Å². The maximum atomic E-state index is 11.9. The van der Waals surface area contributed by atoms with Gasteiger partial charge in [-0.2, -0.15) is 0 Å². The summed E-state index contributed by atoms with van der Waals surface area (Å²) in [5.41, 5.74) is 6.50. The van der Waals surface area contributed by atoms with Crippen LogP contribution in [0.5, 0.6) is 17.2 Å². The van der Waals surface area contributed by atoms with Crippen molar-refractivity contribution in [2.24, 2.45) is 11.7 Å². The van der Waals surface area contributed by atoms with Gasteiger partial charge in [0.1, 0.15) is 17.2 Å². The van der Waals surface area contributed by atoms with Crippen LogP contribution in [-0.2, 0) is 4.79 Å². The largest absolute Gasteiger partial charge is 0.497 e. The molecule has 1 atom stereocenters. The van der Waals surface area contributed by atoms with E-state index in [0.29, 0.717) is 17.2 Å². The summed E-state index contributed by atoms with van der Waals surface area (Å²) < 4.78 is 10.9. The van der Waals surface area contributed by atoms with E-state index in [9.17, 15) is 4.79 Å². The second-order valence-corrected chi connectivity index (χ2v) is 5.56. The van der Waals surface area contributed by atoms with Crippen LogP contribution in [0, 0.1) is 5.92 Å². The highest BCUT2D eigenvalue weighted by Crippen LogP contribution is 2.26. The Labute approximate surface area is 136 Å². The van der Waals surface area contributed by atoms with E-state index in [4.69, 9.17) is 15.2 Å². The molecule has 122 valence electrons. The number of carbonyl (C=O) groups excluding carboxylic acids is 1. The first kappa shape index (κ1) is 16.8. The lowest BCUT2D eigenvalue weighted by Gasteiger charge is -2.15. The van der Waals surface area contributed by atoms with Gasteiger partial charge < -0.3 is 20.5 Å². The molecule has 0 bridgehead atoms. The molecule has 0 radical (unpaired) electrons. The number of benzene rings is 2. The van der Waals surface area contributed by atoms with Crippen LogP contribution >= 0.6 is 0 Å². The highest BCUT2D eigenvalue weighted by atomic mass is 16.5. The number of amides is 1. The number of nitrogens with one attached hydrogen (secondary N) is 1. The molecule has 0 spiro atoms. The SMILES string of the molecule is COc1cccc(Oc2ccc(NC(=O)[C@@H](N)C(C)C)cc2)c1. The number of methoxy groups -OCH3 is 1. The van der Waals surface area contributed by atoms with Gasteiger partial charge in [-0.15, -0.1) is 0 Å². The van der Waals surface area contributed by atoms with Crippen LogP contribution in [0.2, 0.25) is 0 Å². The van der Waals surface area contributed by atoms with E-state index in [2.05, 4.69) is 5.32 Å². The molecule has 2 aromatic rings. The second kappa shape index (κ2) is 7.65. The summed E-state index contributed by atoms with van der Waals surface area (Å²) >= 11 is 0. The molecule has 0 saturated heterocycles.